The number of hydroxylamine groups is 2. The summed E-state index contributed by atoms with van der Waals surface area (Å²) in [6, 6.07) is 0. The van der Waals surface area contributed by atoms with Crippen LogP contribution in [-0.2, 0) is 5.21 Å². The Morgan fingerprint density at radius 2 is 1.30 bits per heavy atom. The first-order chi connectivity index (χ1) is 12.7. The third-order valence-electron chi connectivity index (χ3n) is 4.53. The van der Waals surface area contributed by atoms with Gasteiger partial charge in [0.25, 0.3) is 0 Å². The molecule has 0 bridgehead atoms. The number of rotatable bonds is 1. The predicted octanol–water partition coefficient (Wildman–Crippen LogP) is 8.23. The maximum Gasteiger partial charge on any atom is 0.0718 e. The van der Waals surface area contributed by atoms with Crippen LogP contribution in [0.4, 0.5) is 0 Å². The molecule has 2 nitrogen and oxygen atoms in total. The summed E-state index contributed by atoms with van der Waals surface area (Å²) >= 11 is 15.4. The van der Waals surface area contributed by atoms with Crippen LogP contribution in [-0.4, -0.2) is 21.2 Å². The Morgan fingerprint density at radius 1 is 0.815 bits per heavy atom. The lowest BCUT2D eigenvalue weighted by Crippen LogP contribution is -2.46. The van der Waals surface area contributed by atoms with E-state index in [0.717, 1.165) is 5.57 Å². The number of nitrogens with zero attached hydrogens (tertiary/aromatic N) is 1. The SMILES string of the molecule is CC1(C)C=C(C=C2SC3=C(S2)SC(=C2SC4=C(SCS4)S2)S3)C(C)(C)N1[O]. The summed E-state index contributed by atoms with van der Waals surface area (Å²) < 4.78 is 10.00. The lowest BCUT2D eigenvalue weighted by atomic mass is 9.97. The van der Waals surface area contributed by atoms with Crippen LogP contribution in [0.1, 0.15) is 27.7 Å². The van der Waals surface area contributed by atoms with Crippen molar-refractivity contribution in [3.05, 3.63) is 47.4 Å². The van der Waals surface area contributed by atoms with E-state index in [0.29, 0.717) is 0 Å². The third kappa shape index (κ3) is 3.57. The van der Waals surface area contributed by atoms with Crippen LogP contribution < -0.4 is 0 Å². The van der Waals surface area contributed by atoms with Crippen molar-refractivity contribution in [3.8, 4) is 0 Å². The Bertz CT molecular complexity index is 855. The molecule has 10 heteroatoms. The van der Waals surface area contributed by atoms with Gasteiger partial charge in [0, 0.05) is 5.08 Å². The minimum atomic E-state index is -0.475. The monoisotopic (exact) mass is 506 g/mol. The van der Waals surface area contributed by atoms with Gasteiger partial charge in [-0.05, 0) is 39.3 Å². The summed E-state index contributed by atoms with van der Waals surface area (Å²) in [6.07, 6.45) is 4.35. The average molecular weight is 507 g/mol. The van der Waals surface area contributed by atoms with Crippen LogP contribution in [0.15, 0.2) is 47.4 Å². The summed E-state index contributed by atoms with van der Waals surface area (Å²) in [6.45, 7) is 8.02. The second kappa shape index (κ2) is 7.24. The van der Waals surface area contributed by atoms with E-state index in [1.54, 1.807) is 0 Å². The fourth-order valence-corrected chi connectivity index (χ4v) is 16.1. The van der Waals surface area contributed by atoms with Crippen molar-refractivity contribution < 1.29 is 5.21 Å². The van der Waals surface area contributed by atoms with Crippen LogP contribution in [0.25, 0.3) is 0 Å². The van der Waals surface area contributed by atoms with E-state index >= 15 is 0 Å². The van der Waals surface area contributed by atoms with E-state index in [4.69, 9.17) is 0 Å². The average Bonchev–Trinajstić information content (AvgIpc) is 3.32. The van der Waals surface area contributed by atoms with Crippen molar-refractivity contribution in [1.29, 1.82) is 0 Å². The second-order valence-corrected chi connectivity index (χ2v) is 17.6. The predicted molar refractivity (Wildman–Crippen MR) is 134 cm³/mol. The van der Waals surface area contributed by atoms with Gasteiger partial charge in [0.05, 0.1) is 40.7 Å². The molecule has 0 unspecified atom stereocenters. The van der Waals surface area contributed by atoms with Crippen LogP contribution in [0, 0.1) is 0 Å². The molecule has 0 spiro atoms. The van der Waals surface area contributed by atoms with E-state index in [1.807, 2.05) is 122 Å². The minimum absolute atomic E-state index is 0.443. The zero-order valence-electron chi connectivity index (χ0n) is 15.0. The van der Waals surface area contributed by atoms with Crippen LogP contribution in [0.5, 0.6) is 0 Å². The number of hydrogen-bond donors (Lipinski definition) is 0. The van der Waals surface area contributed by atoms with Gasteiger partial charge in [0.15, 0.2) is 0 Å². The number of hydrogen-bond acceptors (Lipinski definition) is 9. The van der Waals surface area contributed by atoms with Crippen molar-refractivity contribution in [3.63, 3.8) is 0 Å². The molecule has 0 saturated heterocycles. The molecule has 143 valence electrons. The fourth-order valence-electron chi connectivity index (χ4n) is 3.21. The summed E-state index contributed by atoms with van der Waals surface area (Å²) in [7, 11) is 0. The molecule has 0 saturated carbocycles. The molecule has 0 fully saturated rings. The molecule has 0 amide bonds. The minimum Gasteiger partial charge on any atom is -0.136 e. The molecule has 0 N–H and O–H groups in total. The van der Waals surface area contributed by atoms with Gasteiger partial charge in [-0.2, -0.15) is 0 Å². The highest BCUT2D eigenvalue weighted by atomic mass is 32.3. The Balaban J connectivity index is 1.29. The summed E-state index contributed by atoms with van der Waals surface area (Å²) in [5, 5.41) is 15.0. The van der Waals surface area contributed by atoms with Gasteiger partial charge < -0.3 is 0 Å². The molecule has 5 rings (SSSR count). The van der Waals surface area contributed by atoms with E-state index in [2.05, 4.69) is 12.2 Å². The highest BCUT2D eigenvalue weighted by Gasteiger charge is 2.46. The summed E-state index contributed by atoms with van der Waals surface area (Å²) in [5.41, 5.74) is 0.210. The lowest BCUT2D eigenvalue weighted by Gasteiger charge is -2.33. The van der Waals surface area contributed by atoms with Gasteiger partial charge >= 0.3 is 0 Å². The smallest absolute Gasteiger partial charge is 0.0718 e. The molecule has 5 heterocycles. The van der Waals surface area contributed by atoms with Crippen molar-refractivity contribution >= 4 is 94.1 Å². The molecule has 0 aromatic carbocycles. The highest BCUT2D eigenvalue weighted by molar-refractivity contribution is 8.50. The second-order valence-electron chi connectivity index (χ2n) is 7.31. The molecular formula is C17H16NOS8. The Kier molecular flexibility index (Phi) is 5.45. The quantitative estimate of drug-likeness (QED) is 0.348. The maximum absolute atomic E-state index is 12.6. The van der Waals surface area contributed by atoms with Gasteiger partial charge in [0.2, 0.25) is 0 Å². The molecule has 1 radical (unpaired) electrons. The molecule has 27 heavy (non-hydrogen) atoms. The van der Waals surface area contributed by atoms with Crippen LogP contribution >= 0.6 is 94.1 Å². The third-order valence-corrected chi connectivity index (χ3v) is 16.2. The van der Waals surface area contributed by atoms with Gasteiger partial charge in [0.1, 0.15) is 0 Å². The van der Waals surface area contributed by atoms with Gasteiger partial charge in [-0.3, -0.25) is 0 Å². The zero-order valence-corrected chi connectivity index (χ0v) is 21.5. The molecule has 0 aromatic rings. The molecule has 0 atom stereocenters. The van der Waals surface area contributed by atoms with Crippen molar-refractivity contribution in [2.24, 2.45) is 0 Å². The van der Waals surface area contributed by atoms with Crippen LogP contribution in [0.2, 0.25) is 0 Å². The summed E-state index contributed by atoms with van der Waals surface area (Å²) in [5.74, 6) is 0. The van der Waals surface area contributed by atoms with Crippen molar-refractivity contribution in [1.82, 2.24) is 5.06 Å². The van der Waals surface area contributed by atoms with Crippen molar-refractivity contribution in [2.75, 3.05) is 5.08 Å². The van der Waals surface area contributed by atoms with Gasteiger partial charge in [-0.1, -0.05) is 76.6 Å². The largest absolute Gasteiger partial charge is 0.136 e. The topological polar surface area (TPSA) is 23.1 Å². The first kappa shape index (κ1) is 20.3. The Morgan fingerprint density at radius 3 is 1.78 bits per heavy atom. The Labute approximate surface area is 194 Å². The van der Waals surface area contributed by atoms with E-state index in [1.165, 1.54) is 39.8 Å². The normalized spacial score (nSPS) is 29.2. The van der Waals surface area contributed by atoms with E-state index < -0.39 is 11.1 Å². The Hall–Kier alpha value is 1.42. The number of thioether (sulfide) groups is 8. The lowest BCUT2D eigenvalue weighted by molar-refractivity contribution is -0.238. The fraction of sp³-hybridized carbons (Fsp3) is 0.412. The standard InChI is InChI=1S/C17H16NOS8/c1-16(2)6-8(17(3,4)18(16)19)5-9-22-12-13(23-9)27-15(26-12)14-24-10-11(25-14)21-7-20-10/h5-6H,7H2,1-4H3. The van der Waals surface area contributed by atoms with E-state index in [-0.39, 0.29) is 0 Å². The molecular weight excluding hydrogens is 491 g/mol. The molecule has 5 aliphatic heterocycles. The molecule has 0 aliphatic carbocycles. The van der Waals surface area contributed by atoms with Gasteiger partial charge in [-0.25, -0.2) is 0 Å². The zero-order chi connectivity index (χ0) is 19.0. The summed E-state index contributed by atoms with van der Waals surface area (Å²) in [4.78, 5) is 0. The van der Waals surface area contributed by atoms with Crippen LogP contribution in [0.3, 0.4) is 0 Å². The van der Waals surface area contributed by atoms with Gasteiger partial charge in [-0.15, -0.1) is 33.8 Å². The highest BCUT2D eigenvalue weighted by Crippen LogP contribution is 2.71. The first-order valence-corrected chi connectivity index (χ1v) is 15.1. The molecule has 5 aliphatic rings. The van der Waals surface area contributed by atoms with Crippen molar-refractivity contribution in [2.45, 2.75) is 38.8 Å². The molecule has 0 aromatic heterocycles. The van der Waals surface area contributed by atoms with E-state index in [9.17, 15) is 5.21 Å². The maximum atomic E-state index is 12.6. The first-order valence-electron chi connectivity index (χ1n) is 8.22.